The molecule has 0 atom stereocenters. The summed E-state index contributed by atoms with van der Waals surface area (Å²) in [6, 6.07) is 3.67. The van der Waals surface area contributed by atoms with E-state index in [1.54, 1.807) is 0 Å². The Hall–Kier alpha value is -0.240. The molecular formula is C8H9Cl2N. The van der Waals surface area contributed by atoms with Crippen molar-refractivity contribution >= 4 is 23.2 Å². The number of nitrogens with two attached hydrogens (primary N) is 1. The smallest absolute Gasteiger partial charge is 0.0453 e. The molecule has 0 aliphatic heterocycles. The Morgan fingerprint density at radius 1 is 1.27 bits per heavy atom. The minimum Gasteiger partial charge on any atom is -0.326 e. The van der Waals surface area contributed by atoms with Crippen molar-refractivity contribution in [3.05, 3.63) is 33.3 Å². The van der Waals surface area contributed by atoms with Crippen LogP contribution in [0.5, 0.6) is 0 Å². The van der Waals surface area contributed by atoms with E-state index in [2.05, 4.69) is 0 Å². The molecule has 0 heterocycles. The van der Waals surface area contributed by atoms with Crippen LogP contribution in [0.25, 0.3) is 0 Å². The van der Waals surface area contributed by atoms with Gasteiger partial charge in [-0.1, -0.05) is 23.2 Å². The third-order valence-electron chi connectivity index (χ3n) is 1.58. The van der Waals surface area contributed by atoms with Gasteiger partial charge >= 0.3 is 0 Å². The lowest BCUT2D eigenvalue weighted by Crippen LogP contribution is -1.96. The summed E-state index contributed by atoms with van der Waals surface area (Å²) < 4.78 is 0. The van der Waals surface area contributed by atoms with Crippen LogP contribution in [0.15, 0.2) is 12.1 Å². The lowest BCUT2D eigenvalue weighted by Gasteiger charge is -2.03. The van der Waals surface area contributed by atoms with Gasteiger partial charge in [0.1, 0.15) is 0 Å². The zero-order valence-corrected chi connectivity index (χ0v) is 7.71. The van der Waals surface area contributed by atoms with E-state index in [9.17, 15) is 0 Å². The Kier molecular flexibility index (Phi) is 2.77. The molecule has 3 heteroatoms. The van der Waals surface area contributed by atoms with Crippen molar-refractivity contribution in [2.75, 3.05) is 0 Å². The van der Waals surface area contributed by atoms with Crippen LogP contribution < -0.4 is 5.73 Å². The van der Waals surface area contributed by atoms with Gasteiger partial charge in [0, 0.05) is 16.6 Å². The first-order valence-electron chi connectivity index (χ1n) is 3.29. The molecular weight excluding hydrogens is 181 g/mol. The fourth-order valence-electron chi connectivity index (χ4n) is 0.816. The fraction of sp³-hybridized carbons (Fsp3) is 0.250. The van der Waals surface area contributed by atoms with Crippen LogP contribution in [0.2, 0.25) is 10.0 Å². The van der Waals surface area contributed by atoms with Crippen LogP contribution >= 0.6 is 23.2 Å². The molecule has 1 aromatic rings. The maximum atomic E-state index is 5.86. The van der Waals surface area contributed by atoms with Crippen molar-refractivity contribution < 1.29 is 0 Å². The van der Waals surface area contributed by atoms with Gasteiger partial charge in [-0.15, -0.1) is 0 Å². The van der Waals surface area contributed by atoms with Gasteiger partial charge < -0.3 is 5.73 Å². The lowest BCUT2D eigenvalue weighted by molar-refractivity contribution is 1.07. The van der Waals surface area contributed by atoms with Crippen molar-refractivity contribution in [3.8, 4) is 0 Å². The second-order valence-corrected chi connectivity index (χ2v) is 3.20. The van der Waals surface area contributed by atoms with E-state index in [0.29, 0.717) is 16.6 Å². The highest BCUT2D eigenvalue weighted by Gasteiger charge is 2.01. The molecule has 0 amide bonds. The summed E-state index contributed by atoms with van der Waals surface area (Å²) >= 11 is 11.7. The van der Waals surface area contributed by atoms with Crippen LogP contribution in [0, 0.1) is 6.92 Å². The van der Waals surface area contributed by atoms with E-state index >= 15 is 0 Å². The zero-order chi connectivity index (χ0) is 8.43. The molecule has 0 radical (unpaired) electrons. The van der Waals surface area contributed by atoms with Gasteiger partial charge in [-0.3, -0.25) is 0 Å². The Labute approximate surface area is 76.1 Å². The van der Waals surface area contributed by atoms with Crippen LogP contribution in [0.1, 0.15) is 11.1 Å². The quantitative estimate of drug-likeness (QED) is 0.723. The normalized spacial score (nSPS) is 10.2. The molecule has 0 aliphatic carbocycles. The Morgan fingerprint density at radius 2 is 1.73 bits per heavy atom. The number of rotatable bonds is 1. The molecule has 0 fully saturated rings. The minimum atomic E-state index is 0.472. The van der Waals surface area contributed by atoms with E-state index in [1.165, 1.54) is 0 Å². The second kappa shape index (κ2) is 3.44. The lowest BCUT2D eigenvalue weighted by atomic mass is 10.1. The summed E-state index contributed by atoms with van der Waals surface area (Å²) in [5.74, 6) is 0. The largest absolute Gasteiger partial charge is 0.326 e. The van der Waals surface area contributed by atoms with Crippen molar-refractivity contribution in [3.63, 3.8) is 0 Å². The minimum absolute atomic E-state index is 0.472. The Bertz CT molecular complexity index is 248. The number of hydrogen-bond acceptors (Lipinski definition) is 1. The van der Waals surface area contributed by atoms with E-state index in [0.717, 1.165) is 11.1 Å². The third kappa shape index (κ3) is 1.86. The molecule has 1 nitrogen and oxygen atoms in total. The molecule has 0 saturated carbocycles. The van der Waals surface area contributed by atoms with Gasteiger partial charge in [0.05, 0.1) is 0 Å². The molecule has 11 heavy (non-hydrogen) atoms. The summed E-state index contributed by atoms with van der Waals surface area (Å²) in [6.07, 6.45) is 0. The zero-order valence-electron chi connectivity index (χ0n) is 6.20. The summed E-state index contributed by atoms with van der Waals surface area (Å²) in [4.78, 5) is 0. The van der Waals surface area contributed by atoms with Crippen molar-refractivity contribution in [1.82, 2.24) is 0 Å². The highest BCUT2D eigenvalue weighted by molar-refractivity contribution is 6.36. The van der Waals surface area contributed by atoms with E-state index < -0.39 is 0 Å². The molecule has 1 rings (SSSR count). The maximum absolute atomic E-state index is 5.86. The molecule has 60 valence electrons. The van der Waals surface area contributed by atoms with Gasteiger partial charge in [-0.25, -0.2) is 0 Å². The first-order chi connectivity index (χ1) is 5.15. The summed E-state index contributed by atoms with van der Waals surface area (Å²) in [5.41, 5.74) is 7.29. The monoisotopic (exact) mass is 189 g/mol. The van der Waals surface area contributed by atoms with E-state index in [4.69, 9.17) is 28.9 Å². The van der Waals surface area contributed by atoms with Crippen LogP contribution in [0.3, 0.4) is 0 Å². The topological polar surface area (TPSA) is 26.0 Å². The van der Waals surface area contributed by atoms with E-state index in [1.807, 2.05) is 19.1 Å². The van der Waals surface area contributed by atoms with Crippen molar-refractivity contribution in [2.24, 2.45) is 5.73 Å². The second-order valence-electron chi connectivity index (χ2n) is 2.39. The molecule has 1 aromatic carbocycles. The summed E-state index contributed by atoms with van der Waals surface area (Å²) in [5, 5.41) is 1.36. The van der Waals surface area contributed by atoms with Crippen molar-refractivity contribution in [2.45, 2.75) is 13.5 Å². The summed E-state index contributed by atoms with van der Waals surface area (Å²) in [6.45, 7) is 2.35. The predicted octanol–water partition coefficient (Wildman–Crippen LogP) is 2.76. The van der Waals surface area contributed by atoms with Crippen LogP contribution in [0.4, 0.5) is 0 Å². The molecule has 0 aliphatic rings. The SMILES string of the molecule is Cc1c(Cl)cc(CN)cc1Cl. The maximum Gasteiger partial charge on any atom is 0.0453 e. The van der Waals surface area contributed by atoms with Gasteiger partial charge in [-0.2, -0.15) is 0 Å². The standard InChI is InChI=1S/C8H9Cl2N/c1-5-7(9)2-6(4-11)3-8(5)10/h2-3H,4,11H2,1H3. The Balaban J connectivity index is 3.21. The molecule has 2 N–H and O–H groups in total. The van der Waals surface area contributed by atoms with Gasteiger partial charge in [-0.05, 0) is 30.2 Å². The van der Waals surface area contributed by atoms with Crippen LogP contribution in [-0.2, 0) is 6.54 Å². The van der Waals surface area contributed by atoms with Crippen LogP contribution in [-0.4, -0.2) is 0 Å². The average molecular weight is 190 g/mol. The molecule has 0 saturated heterocycles. The summed E-state index contributed by atoms with van der Waals surface area (Å²) in [7, 11) is 0. The molecule has 0 bridgehead atoms. The molecule has 0 unspecified atom stereocenters. The van der Waals surface area contributed by atoms with Gasteiger partial charge in [0.15, 0.2) is 0 Å². The number of halogens is 2. The number of hydrogen-bond donors (Lipinski definition) is 1. The molecule has 0 aromatic heterocycles. The number of benzene rings is 1. The first-order valence-corrected chi connectivity index (χ1v) is 4.05. The molecule has 0 spiro atoms. The predicted molar refractivity (Wildman–Crippen MR) is 49.1 cm³/mol. The fourth-order valence-corrected chi connectivity index (χ4v) is 1.35. The Morgan fingerprint density at radius 3 is 2.09 bits per heavy atom. The van der Waals surface area contributed by atoms with E-state index in [-0.39, 0.29) is 0 Å². The highest BCUT2D eigenvalue weighted by Crippen LogP contribution is 2.24. The van der Waals surface area contributed by atoms with Gasteiger partial charge in [0.2, 0.25) is 0 Å². The first kappa shape index (κ1) is 8.85. The third-order valence-corrected chi connectivity index (χ3v) is 2.36. The van der Waals surface area contributed by atoms with Gasteiger partial charge in [0.25, 0.3) is 0 Å². The highest BCUT2D eigenvalue weighted by atomic mass is 35.5. The average Bonchev–Trinajstić information content (AvgIpc) is 1.99. The van der Waals surface area contributed by atoms with Crippen molar-refractivity contribution in [1.29, 1.82) is 0 Å².